The zero-order valence-corrected chi connectivity index (χ0v) is 10.6. The molecule has 0 saturated heterocycles. The lowest BCUT2D eigenvalue weighted by Gasteiger charge is -2.11. The first-order chi connectivity index (χ1) is 8.74. The molecule has 0 amide bonds. The van der Waals surface area contributed by atoms with E-state index in [2.05, 4.69) is 72.5 Å². The summed E-state index contributed by atoms with van der Waals surface area (Å²) >= 11 is 0. The molecule has 3 aromatic rings. The first-order valence-corrected chi connectivity index (χ1v) is 6.09. The van der Waals surface area contributed by atoms with Crippen LogP contribution in [0, 0.1) is 0 Å². The van der Waals surface area contributed by atoms with Gasteiger partial charge in [-0.3, -0.25) is 0 Å². The molecule has 0 aliphatic carbocycles. The Hall–Kier alpha value is -2.22. The van der Waals surface area contributed by atoms with Crippen LogP contribution < -0.4 is 4.90 Å². The number of anilines is 1. The Morgan fingerprint density at radius 1 is 0.889 bits per heavy atom. The van der Waals surface area contributed by atoms with E-state index in [4.69, 9.17) is 0 Å². The highest BCUT2D eigenvalue weighted by Crippen LogP contribution is 2.26. The zero-order valence-electron chi connectivity index (χ0n) is 10.6. The van der Waals surface area contributed by atoms with Crippen LogP contribution in [-0.2, 0) is 0 Å². The quantitative estimate of drug-likeness (QED) is 0.715. The van der Waals surface area contributed by atoms with Crippen molar-refractivity contribution < 1.29 is 0 Å². The molecule has 0 unspecified atom stereocenters. The molecule has 1 aromatic heterocycles. The summed E-state index contributed by atoms with van der Waals surface area (Å²) < 4.78 is 0. The fraction of sp³-hybridized carbons (Fsp3) is 0.125. The van der Waals surface area contributed by atoms with Gasteiger partial charge in [0, 0.05) is 36.4 Å². The fourth-order valence-corrected chi connectivity index (χ4v) is 2.17. The minimum absolute atomic E-state index is 1.17. The fourth-order valence-electron chi connectivity index (χ4n) is 2.17. The molecule has 0 atom stereocenters. The van der Waals surface area contributed by atoms with Crippen LogP contribution in [0.15, 0.2) is 54.6 Å². The van der Waals surface area contributed by atoms with Crippen LogP contribution in [0.2, 0.25) is 0 Å². The third-order valence-corrected chi connectivity index (χ3v) is 3.21. The smallest absolute Gasteiger partial charge is 0.0479 e. The monoisotopic (exact) mass is 236 g/mol. The van der Waals surface area contributed by atoms with Gasteiger partial charge in [0.15, 0.2) is 0 Å². The summed E-state index contributed by atoms with van der Waals surface area (Å²) in [6.45, 7) is 0. The Bertz CT molecular complexity index is 666. The molecular weight excluding hydrogens is 220 g/mol. The normalized spacial score (nSPS) is 10.8. The zero-order chi connectivity index (χ0) is 12.5. The number of hydrogen-bond acceptors (Lipinski definition) is 1. The van der Waals surface area contributed by atoms with Gasteiger partial charge in [-0.1, -0.05) is 36.4 Å². The van der Waals surface area contributed by atoms with Gasteiger partial charge in [-0.05, 0) is 23.8 Å². The number of aromatic amines is 1. The summed E-state index contributed by atoms with van der Waals surface area (Å²) in [6, 6.07) is 19.1. The lowest BCUT2D eigenvalue weighted by Crippen LogP contribution is -2.07. The van der Waals surface area contributed by atoms with Crippen molar-refractivity contribution in [2.24, 2.45) is 0 Å². The second-order valence-electron chi connectivity index (χ2n) is 4.72. The van der Waals surface area contributed by atoms with Crippen molar-refractivity contribution in [3.8, 4) is 11.3 Å². The highest BCUT2D eigenvalue weighted by Gasteiger charge is 2.04. The molecule has 0 fully saturated rings. The van der Waals surface area contributed by atoms with Gasteiger partial charge in [0.1, 0.15) is 0 Å². The summed E-state index contributed by atoms with van der Waals surface area (Å²) in [5, 5.41) is 1.25. The minimum atomic E-state index is 1.17. The second kappa shape index (κ2) is 4.22. The number of nitrogens with one attached hydrogen (secondary N) is 1. The van der Waals surface area contributed by atoms with E-state index in [1.54, 1.807) is 0 Å². The summed E-state index contributed by atoms with van der Waals surface area (Å²) in [4.78, 5) is 5.59. The van der Waals surface area contributed by atoms with E-state index in [0.29, 0.717) is 0 Å². The number of rotatable bonds is 2. The molecule has 1 heterocycles. The van der Waals surface area contributed by atoms with Crippen LogP contribution in [-0.4, -0.2) is 19.1 Å². The van der Waals surface area contributed by atoms with Crippen molar-refractivity contribution in [2.45, 2.75) is 0 Å². The van der Waals surface area contributed by atoms with E-state index in [9.17, 15) is 0 Å². The summed E-state index contributed by atoms with van der Waals surface area (Å²) in [5.74, 6) is 0. The van der Waals surface area contributed by atoms with Crippen LogP contribution in [0.25, 0.3) is 22.2 Å². The van der Waals surface area contributed by atoms with Crippen molar-refractivity contribution in [3.63, 3.8) is 0 Å². The molecule has 2 heteroatoms. The Kier molecular flexibility index (Phi) is 2.56. The largest absolute Gasteiger partial charge is 0.378 e. The molecule has 18 heavy (non-hydrogen) atoms. The molecule has 3 rings (SSSR count). The standard InChI is InChI=1S/C16H16N2/c1-18(2)14-9-8-13-10-15(17-16(13)11-14)12-6-4-3-5-7-12/h3-11,17H,1-2H3. The van der Waals surface area contributed by atoms with Crippen LogP contribution in [0.3, 0.4) is 0 Å². The molecule has 2 aromatic carbocycles. The molecule has 0 aliphatic rings. The number of fused-ring (bicyclic) bond motifs is 1. The van der Waals surface area contributed by atoms with Gasteiger partial charge in [-0.25, -0.2) is 0 Å². The second-order valence-corrected chi connectivity index (χ2v) is 4.72. The summed E-state index contributed by atoms with van der Waals surface area (Å²) in [5.41, 5.74) is 4.78. The number of aromatic nitrogens is 1. The third kappa shape index (κ3) is 1.86. The molecule has 90 valence electrons. The first-order valence-electron chi connectivity index (χ1n) is 6.09. The molecule has 0 aliphatic heterocycles. The Morgan fingerprint density at radius 2 is 1.67 bits per heavy atom. The van der Waals surface area contributed by atoms with Crippen molar-refractivity contribution >= 4 is 16.6 Å². The number of benzene rings is 2. The van der Waals surface area contributed by atoms with Gasteiger partial charge in [0.2, 0.25) is 0 Å². The molecular formula is C16H16N2. The van der Waals surface area contributed by atoms with E-state index in [1.165, 1.54) is 27.8 Å². The molecule has 0 spiro atoms. The van der Waals surface area contributed by atoms with E-state index in [1.807, 2.05) is 6.07 Å². The SMILES string of the molecule is CN(C)c1ccc2cc(-c3ccccc3)[nH]c2c1. The van der Waals surface area contributed by atoms with E-state index in [-0.39, 0.29) is 0 Å². The molecule has 0 radical (unpaired) electrons. The van der Waals surface area contributed by atoms with Gasteiger partial charge in [-0.15, -0.1) is 0 Å². The first kappa shape index (κ1) is 10.9. The summed E-state index contributed by atoms with van der Waals surface area (Å²) in [7, 11) is 4.12. The average Bonchev–Trinajstić information content (AvgIpc) is 2.82. The van der Waals surface area contributed by atoms with Gasteiger partial charge >= 0.3 is 0 Å². The van der Waals surface area contributed by atoms with Gasteiger partial charge in [0.25, 0.3) is 0 Å². The number of nitrogens with zero attached hydrogens (tertiary/aromatic N) is 1. The predicted molar refractivity (Wildman–Crippen MR) is 78.1 cm³/mol. The Labute approximate surface area is 107 Å². The van der Waals surface area contributed by atoms with Crippen molar-refractivity contribution in [1.82, 2.24) is 4.98 Å². The van der Waals surface area contributed by atoms with Crippen molar-refractivity contribution in [1.29, 1.82) is 0 Å². The van der Waals surface area contributed by atoms with Gasteiger partial charge < -0.3 is 9.88 Å². The van der Waals surface area contributed by atoms with Crippen LogP contribution in [0.5, 0.6) is 0 Å². The number of H-pyrrole nitrogens is 1. The Morgan fingerprint density at radius 3 is 2.39 bits per heavy atom. The predicted octanol–water partition coefficient (Wildman–Crippen LogP) is 3.90. The highest BCUT2D eigenvalue weighted by molar-refractivity contribution is 5.88. The van der Waals surface area contributed by atoms with Crippen LogP contribution in [0.4, 0.5) is 5.69 Å². The maximum atomic E-state index is 3.48. The van der Waals surface area contributed by atoms with Gasteiger partial charge in [0.05, 0.1) is 0 Å². The van der Waals surface area contributed by atoms with Crippen molar-refractivity contribution in [2.75, 3.05) is 19.0 Å². The highest BCUT2D eigenvalue weighted by atomic mass is 15.1. The summed E-state index contributed by atoms with van der Waals surface area (Å²) in [6.07, 6.45) is 0. The van der Waals surface area contributed by atoms with E-state index < -0.39 is 0 Å². The van der Waals surface area contributed by atoms with Gasteiger partial charge in [-0.2, -0.15) is 0 Å². The number of hydrogen-bond donors (Lipinski definition) is 1. The maximum absolute atomic E-state index is 3.48. The van der Waals surface area contributed by atoms with E-state index >= 15 is 0 Å². The minimum Gasteiger partial charge on any atom is -0.378 e. The third-order valence-electron chi connectivity index (χ3n) is 3.21. The lowest BCUT2D eigenvalue weighted by atomic mass is 10.1. The van der Waals surface area contributed by atoms with Crippen LogP contribution in [0.1, 0.15) is 0 Å². The molecule has 0 saturated carbocycles. The molecule has 0 bridgehead atoms. The molecule has 2 nitrogen and oxygen atoms in total. The Balaban J connectivity index is 2.11. The van der Waals surface area contributed by atoms with Crippen molar-refractivity contribution in [3.05, 3.63) is 54.6 Å². The molecule has 1 N–H and O–H groups in total. The lowest BCUT2D eigenvalue weighted by molar-refractivity contribution is 1.13. The van der Waals surface area contributed by atoms with Crippen LogP contribution >= 0.6 is 0 Å². The van der Waals surface area contributed by atoms with E-state index in [0.717, 1.165) is 0 Å². The average molecular weight is 236 g/mol. The topological polar surface area (TPSA) is 19.0 Å². The maximum Gasteiger partial charge on any atom is 0.0479 e.